The molecular weight excluding hydrogens is 417 g/mol. The normalized spacial score (nSPS) is 11.4. The molecule has 0 atom stereocenters. The van der Waals surface area contributed by atoms with Crippen LogP contribution in [0.2, 0.25) is 0 Å². The molecule has 9 heteroatoms. The lowest BCUT2D eigenvalue weighted by atomic mass is 10.1. The third kappa shape index (κ3) is 4.91. The van der Waals surface area contributed by atoms with Gasteiger partial charge in [-0.25, -0.2) is 0 Å². The predicted molar refractivity (Wildman–Crippen MR) is 109 cm³/mol. The van der Waals surface area contributed by atoms with Gasteiger partial charge in [-0.3, -0.25) is 9.59 Å². The average molecular weight is 436 g/mol. The Kier molecular flexibility index (Phi) is 6.31. The maximum atomic E-state index is 13.6. The third-order valence-corrected chi connectivity index (χ3v) is 5.43. The van der Waals surface area contributed by atoms with Crippen molar-refractivity contribution in [2.24, 2.45) is 0 Å². The highest BCUT2D eigenvalue weighted by molar-refractivity contribution is 7.14. The van der Waals surface area contributed by atoms with E-state index in [2.05, 4.69) is 10.6 Å². The average Bonchev–Trinajstić information content (AvgIpc) is 3.33. The first kappa shape index (κ1) is 21.6. The van der Waals surface area contributed by atoms with Crippen molar-refractivity contribution in [3.05, 3.63) is 69.3 Å². The second kappa shape index (κ2) is 8.74. The number of carbonyl (C=O) groups excluding carboxylic acids is 2. The van der Waals surface area contributed by atoms with Gasteiger partial charge in [-0.15, -0.1) is 11.3 Å². The first-order chi connectivity index (χ1) is 14.2. The summed E-state index contributed by atoms with van der Waals surface area (Å²) in [6.07, 6.45) is -1.74. The van der Waals surface area contributed by atoms with Crippen molar-refractivity contribution in [2.75, 3.05) is 10.6 Å². The van der Waals surface area contributed by atoms with E-state index in [0.717, 1.165) is 35.4 Å². The Balaban J connectivity index is 1.84. The van der Waals surface area contributed by atoms with Gasteiger partial charge in [0.15, 0.2) is 5.76 Å². The Morgan fingerprint density at radius 3 is 2.50 bits per heavy atom. The summed E-state index contributed by atoms with van der Waals surface area (Å²) in [6.45, 7) is 3.89. The minimum atomic E-state index is -4.73. The van der Waals surface area contributed by atoms with Crippen LogP contribution in [0, 0.1) is 6.92 Å². The maximum absolute atomic E-state index is 13.6. The minimum absolute atomic E-state index is 0.0307. The first-order valence-corrected chi connectivity index (χ1v) is 9.97. The summed E-state index contributed by atoms with van der Waals surface area (Å²) < 4.78 is 45.7. The highest BCUT2D eigenvalue weighted by Crippen LogP contribution is 2.37. The monoisotopic (exact) mass is 436 g/mol. The summed E-state index contributed by atoms with van der Waals surface area (Å²) in [7, 11) is 0. The van der Waals surface area contributed by atoms with E-state index < -0.39 is 23.6 Å². The molecule has 1 aromatic carbocycles. The molecule has 30 heavy (non-hydrogen) atoms. The van der Waals surface area contributed by atoms with E-state index in [4.69, 9.17) is 4.42 Å². The van der Waals surface area contributed by atoms with Gasteiger partial charge in [-0.05, 0) is 55.3 Å². The number of benzene rings is 1. The smallest absolute Gasteiger partial charge is 0.418 e. The molecule has 0 saturated heterocycles. The molecule has 3 aromatic rings. The van der Waals surface area contributed by atoms with Gasteiger partial charge in [0.05, 0.1) is 22.4 Å². The van der Waals surface area contributed by atoms with Crippen molar-refractivity contribution >= 4 is 34.5 Å². The zero-order chi connectivity index (χ0) is 21.9. The maximum Gasteiger partial charge on any atom is 0.418 e. The lowest BCUT2D eigenvalue weighted by Crippen LogP contribution is -2.17. The van der Waals surface area contributed by atoms with Crippen molar-refractivity contribution in [3.8, 4) is 0 Å². The van der Waals surface area contributed by atoms with Crippen LogP contribution in [0.15, 0.2) is 47.1 Å². The highest BCUT2D eigenvalue weighted by Gasteiger charge is 2.34. The number of alkyl halides is 3. The van der Waals surface area contributed by atoms with Crippen LogP contribution in [-0.2, 0) is 12.6 Å². The molecule has 0 fully saturated rings. The van der Waals surface area contributed by atoms with E-state index in [1.54, 1.807) is 6.07 Å². The predicted octanol–water partition coefficient (Wildman–Crippen LogP) is 6.13. The number of nitrogens with one attached hydrogen (secondary N) is 2. The number of amides is 2. The van der Waals surface area contributed by atoms with Gasteiger partial charge >= 0.3 is 6.18 Å². The molecule has 0 aliphatic heterocycles. The lowest BCUT2D eigenvalue weighted by Gasteiger charge is -2.15. The number of thiophene rings is 1. The van der Waals surface area contributed by atoms with Crippen LogP contribution in [0.3, 0.4) is 0 Å². The van der Waals surface area contributed by atoms with Gasteiger partial charge in [-0.1, -0.05) is 13.3 Å². The Bertz CT molecular complexity index is 1060. The van der Waals surface area contributed by atoms with E-state index in [1.165, 1.54) is 35.8 Å². The number of aryl methyl sites for hydroxylation is 2. The number of hydrogen-bond donors (Lipinski definition) is 2. The van der Waals surface area contributed by atoms with Crippen LogP contribution in [0.1, 0.15) is 49.6 Å². The van der Waals surface area contributed by atoms with Crippen molar-refractivity contribution in [1.82, 2.24) is 0 Å². The molecule has 2 amide bonds. The van der Waals surface area contributed by atoms with E-state index in [0.29, 0.717) is 4.88 Å². The zero-order valence-electron chi connectivity index (χ0n) is 16.2. The molecule has 0 unspecified atom stereocenters. The summed E-state index contributed by atoms with van der Waals surface area (Å²) in [5.74, 6) is -1.32. The summed E-state index contributed by atoms with van der Waals surface area (Å²) in [5, 5.41) is 4.69. The second-order valence-electron chi connectivity index (χ2n) is 6.59. The molecule has 5 nitrogen and oxygen atoms in total. The van der Waals surface area contributed by atoms with E-state index in [-0.39, 0.29) is 17.1 Å². The second-order valence-corrected chi connectivity index (χ2v) is 7.84. The number of halogens is 3. The minimum Gasteiger partial charge on any atom is -0.459 e. The van der Waals surface area contributed by atoms with Crippen LogP contribution in [0.4, 0.5) is 24.5 Å². The van der Waals surface area contributed by atoms with Crippen LogP contribution in [0.5, 0.6) is 0 Å². The molecule has 0 aliphatic carbocycles. The molecule has 0 bridgehead atoms. The molecule has 2 N–H and O–H groups in total. The summed E-state index contributed by atoms with van der Waals surface area (Å²) in [4.78, 5) is 25.9. The van der Waals surface area contributed by atoms with Crippen LogP contribution in [-0.4, -0.2) is 11.8 Å². The Morgan fingerprint density at radius 2 is 1.87 bits per heavy atom. The Labute approximate surface area is 174 Å². The molecule has 158 valence electrons. The fraction of sp³-hybridized carbons (Fsp3) is 0.238. The van der Waals surface area contributed by atoms with E-state index in [9.17, 15) is 22.8 Å². The molecule has 0 aliphatic rings. The summed E-state index contributed by atoms with van der Waals surface area (Å²) in [6, 6.07) is 7.78. The van der Waals surface area contributed by atoms with Gasteiger partial charge in [-0.2, -0.15) is 13.2 Å². The summed E-state index contributed by atoms with van der Waals surface area (Å²) >= 11 is 1.24. The number of anilines is 2. The topological polar surface area (TPSA) is 71.3 Å². The van der Waals surface area contributed by atoms with Gasteiger partial charge < -0.3 is 15.1 Å². The molecule has 2 heterocycles. The molecule has 0 saturated carbocycles. The Hall–Kier alpha value is -3.07. The summed E-state index contributed by atoms with van der Waals surface area (Å²) in [5.41, 5.74) is -0.500. The van der Waals surface area contributed by atoms with Crippen molar-refractivity contribution < 1.29 is 27.2 Å². The van der Waals surface area contributed by atoms with E-state index in [1.807, 2.05) is 13.8 Å². The van der Waals surface area contributed by atoms with Crippen molar-refractivity contribution in [3.63, 3.8) is 0 Å². The van der Waals surface area contributed by atoms with Crippen LogP contribution >= 0.6 is 11.3 Å². The molecule has 0 radical (unpaired) electrons. The van der Waals surface area contributed by atoms with Gasteiger partial charge in [0.1, 0.15) is 0 Å². The number of furan rings is 1. The van der Waals surface area contributed by atoms with Gasteiger partial charge in [0, 0.05) is 10.6 Å². The van der Waals surface area contributed by atoms with Gasteiger partial charge in [0.25, 0.3) is 11.8 Å². The van der Waals surface area contributed by atoms with E-state index >= 15 is 0 Å². The lowest BCUT2D eigenvalue weighted by molar-refractivity contribution is -0.136. The zero-order valence-corrected chi connectivity index (χ0v) is 17.0. The van der Waals surface area contributed by atoms with Gasteiger partial charge in [0.2, 0.25) is 0 Å². The third-order valence-electron chi connectivity index (χ3n) is 4.34. The fourth-order valence-corrected chi connectivity index (χ4v) is 3.87. The molecule has 3 rings (SSSR count). The molecule has 0 spiro atoms. The molecular formula is C21H19F3N2O3S. The standard InChI is InChI=1S/C21H19F3N2O3S/c1-3-5-13-10-18(30-12(13)2)20(28)26-16-8-7-14(11-15(16)21(22,23)24)25-19(27)17-6-4-9-29-17/h4,6-11H,3,5H2,1-2H3,(H,25,27)(H,26,28). The quantitative estimate of drug-likeness (QED) is 0.489. The number of carbonyl (C=O) groups is 2. The molecule has 2 aromatic heterocycles. The first-order valence-electron chi connectivity index (χ1n) is 9.15. The van der Waals surface area contributed by atoms with Crippen LogP contribution < -0.4 is 10.6 Å². The SMILES string of the molecule is CCCc1cc(C(=O)Nc2ccc(NC(=O)c3ccco3)cc2C(F)(F)F)sc1C. The van der Waals surface area contributed by atoms with Crippen LogP contribution in [0.25, 0.3) is 0 Å². The highest BCUT2D eigenvalue weighted by atomic mass is 32.1. The van der Waals surface area contributed by atoms with Crippen molar-refractivity contribution in [1.29, 1.82) is 0 Å². The largest absolute Gasteiger partial charge is 0.459 e. The van der Waals surface area contributed by atoms with Crippen molar-refractivity contribution in [2.45, 2.75) is 32.9 Å². The number of hydrogen-bond acceptors (Lipinski definition) is 4. The Morgan fingerprint density at radius 1 is 1.10 bits per heavy atom. The number of rotatable bonds is 6. The fourth-order valence-electron chi connectivity index (χ4n) is 2.90.